The van der Waals surface area contributed by atoms with Crippen LogP contribution in [0.1, 0.15) is 18.0 Å². The molecule has 1 atom stereocenters. The van der Waals surface area contributed by atoms with Crippen LogP contribution in [0.4, 0.5) is 4.39 Å². The van der Waals surface area contributed by atoms with E-state index in [1.165, 1.54) is 12.1 Å². The minimum Gasteiger partial charge on any atom is -0.493 e. The third kappa shape index (κ3) is 4.32. The van der Waals surface area contributed by atoms with Gasteiger partial charge >= 0.3 is 0 Å². The molecule has 1 unspecified atom stereocenters. The van der Waals surface area contributed by atoms with Crippen molar-refractivity contribution in [1.82, 2.24) is 5.32 Å². The minimum absolute atomic E-state index is 0.0173. The lowest BCUT2D eigenvalue weighted by Gasteiger charge is -2.26. The summed E-state index contributed by atoms with van der Waals surface area (Å²) in [5.74, 6) is 0.307. The zero-order chi connectivity index (χ0) is 18.6. The molecule has 0 fully saturated rings. The van der Waals surface area contributed by atoms with Gasteiger partial charge < -0.3 is 15.8 Å². The number of aliphatic imine (C=N–C) groups is 1. The van der Waals surface area contributed by atoms with Gasteiger partial charge in [0.2, 0.25) is 0 Å². The maximum atomic E-state index is 12.9. The maximum Gasteiger partial charge on any atom is 0.189 e. The highest BCUT2D eigenvalue weighted by atomic mass is 32.2. The molecular weight excluding hydrogens is 357 g/mol. The molecule has 8 heteroatoms. The van der Waals surface area contributed by atoms with Crippen LogP contribution >= 0.6 is 0 Å². The molecule has 0 saturated carbocycles. The van der Waals surface area contributed by atoms with Crippen molar-refractivity contribution in [2.45, 2.75) is 17.4 Å². The van der Waals surface area contributed by atoms with E-state index in [1.54, 1.807) is 0 Å². The van der Waals surface area contributed by atoms with E-state index in [0.29, 0.717) is 6.61 Å². The normalized spacial score (nSPS) is 17.3. The number of sulfone groups is 1. The van der Waals surface area contributed by atoms with Crippen molar-refractivity contribution in [2.75, 3.05) is 18.9 Å². The number of fused-ring (bicyclic) bond motifs is 1. The molecule has 0 saturated heterocycles. The highest BCUT2D eigenvalue weighted by molar-refractivity contribution is 7.91. The number of hydrogen-bond donors (Lipinski definition) is 2. The van der Waals surface area contributed by atoms with Crippen LogP contribution in [0.25, 0.3) is 0 Å². The molecule has 0 amide bonds. The number of guanidine groups is 1. The molecule has 0 bridgehead atoms. The molecule has 2 aromatic rings. The van der Waals surface area contributed by atoms with Crippen LogP contribution in [-0.2, 0) is 9.84 Å². The molecule has 0 spiro atoms. The highest BCUT2D eigenvalue weighted by Crippen LogP contribution is 2.31. The molecule has 3 rings (SSSR count). The van der Waals surface area contributed by atoms with Crippen molar-refractivity contribution >= 4 is 15.8 Å². The van der Waals surface area contributed by atoms with Crippen molar-refractivity contribution in [3.05, 3.63) is 59.9 Å². The van der Waals surface area contributed by atoms with Crippen LogP contribution in [0.5, 0.6) is 5.75 Å². The predicted molar refractivity (Wildman–Crippen MR) is 97.4 cm³/mol. The van der Waals surface area contributed by atoms with Crippen LogP contribution in [0.15, 0.2) is 58.4 Å². The van der Waals surface area contributed by atoms with Crippen LogP contribution in [0.3, 0.4) is 0 Å². The van der Waals surface area contributed by atoms with Crippen LogP contribution in [0.2, 0.25) is 0 Å². The fraction of sp³-hybridized carbons (Fsp3) is 0.278. The number of benzene rings is 2. The summed E-state index contributed by atoms with van der Waals surface area (Å²) in [6.07, 6.45) is 0.737. The fourth-order valence-corrected chi connectivity index (χ4v) is 3.88. The summed E-state index contributed by atoms with van der Waals surface area (Å²) >= 11 is 0. The summed E-state index contributed by atoms with van der Waals surface area (Å²) in [4.78, 5) is 4.18. The Bertz CT molecular complexity index is 898. The molecule has 0 aliphatic carbocycles. The molecular formula is C18H20FN3O3S. The van der Waals surface area contributed by atoms with Crippen LogP contribution in [-0.4, -0.2) is 33.3 Å². The lowest BCUT2D eigenvalue weighted by atomic mass is 10.0. The average molecular weight is 377 g/mol. The van der Waals surface area contributed by atoms with E-state index >= 15 is 0 Å². The van der Waals surface area contributed by atoms with Crippen molar-refractivity contribution in [1.29, 1.82) is 0 Å². The van der Waals surface area contributed by atoms with Crippen molar-refractivity contribution in [2.24, 2.45) is 10.7 Å². The summed E-state index contributed by atoms with van der Waals surface area (Å²) < 4.78 is 42.9. The highest BCUT2D eigenvalue weighted by Gasteiger charge is 2.21. The molecule has 1 aliphatic heterocycles. The Labute approximate surface area is 151 Å². The van der Waals surface area contributed by atoms with Crippen LogP contribution < -0.4 is 15.8 Å². The number of hydrogen-bond acceptors (Lipinski definition) is 4. The minimum atomic E-state index is -3.53. The van der Waals surface area contributed by atoms with Gasteiger partial charge in [-0.25, -0.2) is 12.8 Å². The van der Waals surface area contributed by atoms with Gasteiger partial charge in [-0.3, -0.25) is 4.99 Å². The molecule has 0 radical (unpaired) electrons. The zero-order valence-electron chi connectivity index (χ0n) is 14.1. The van der Waals surface area contributed by atoms with E-state index in [2.05, 4.69) is 10.3 Å². The monoisotopic (exact) mass is 377 g/mol. The Balaban J connectivity index is 1.60. The lowest BCUT2D eigenvalue weighted by Crippen LogP contribution is -2.37. The van der Waals surface area contributed by atoms with Crippen molar-refractivity contribution in [3.63, 3.8) is 0 Å². The topological polar surface area (TPSA) is 93.8 Å². The first kappa shape index (κ1) is 18.2. The van der Waals surface area contributed by atoms with Gasteiger partial charge in [0.05, 0.1) is 29.8 Å². The summed E-state index contributed by atoms with van der Waals surface area (Å²) in [5, 5.41) is 3.11. The third-order valence-electron chi connectivity index (χ3n) is 4.10. The first-order valence-electron chi connectivity index (χ1n) is 8.22. The summed E-state index contributed by atoms with van der Waals surface area (Å²) in [6.45, 7) is 0.588. The molecule has 1 heterocycles. The van der Waals surface area contributed by atoms with E-state index in [-0.39, 0.29) is 29.2 Å². The van der Waals surface area contributed by atoms with Gasteiger partial charge in [0, 0.05) is 12.0 Å². The second-order valence-electron chi connectivity index (χ2n) is 5.91. The van der Waals surface area contributed by atoms with Gasteiger partial charge in [-0.1, -0.05) is 18.2 Å². The summed E-state index contributed by atoms with van der Waals surface area (Å²) in [5.41, 5.74) is 6.90. The number of rotatable bonds is 5. The standard InChI is InChI=1S/C18H20FN3O3S/c19-13-5-7-14(8-6-13)26(23,24)12-10-21-18(20)22-16-9-11-25-17-4-2-1-3-15(16)17/h1-8,16H,9-12H2,(H3,20,21,22). The summed E-state index contributed by atoms with van der Waals surface area (Å²) in [7, 11) is -3.53. The maximum absolute atomic E-state index is 12.9. The molecule has 26 heavy (non-hydrogen) atoms. The van der Waals surface area contributed by atoms with E-state index in [9.17, 15) is 12.8 Å². The smallest absolute Gasteiger partial charge is 0.189 e. The molecule has 138 valence electrons. The zero-order valence-corrected chi connectivity index (χ0v) is 14.9. The predicted octanol–water partition coefficient (Wildman–Crippen LogP) is 2.03. The number of nitrogens with zero attached hydrogens (tertiary/aromatic N) is 1. The van der Waals surface area contributed by atoms with Crippen molar-refractivity contribution < 1.29 is 17.5 Å². The van der Waals surface area contributed by atoms with E-state index in [0.717, 1.165) is 29.9 Å². The molecule has 0 aromatic heterocycles. The van der Waals surface area contributed by atoms with Gasteiger partial charge in [-0.05, 0) is 30.3 Å². The SMILES string of the molecule is NC(=NCCS(=O)(=O)c1ccc(F)cc1)NC1CCOc2ccccc21. The number of halogens is 1. The van der Waals surface area contributed by atoms with E-state index in [1.807, 2.05) is 24.3 Å². The van der Waals surface area contributed by atoms with Gasteiger partial charge in [0.15, 0.2) is 15.8 Å². The molecule has 3 N–H and O–H groups in total. The number of para-hydroxylation sites is 1. The van der Waals surface area contributed by atoms with E-state index < -0.39 is 15.7 Å². The van der Waals surface area contributed by atoms with Gasteiger partial charge in [0.25, 0.3) is 0 Å². The van der Waals surface area contributed by atoms with Crippen LogP contribution in [0, 0.1) is 5.82 Å². The Morgan fingerprint density at radius 2 is 1.96 bits per heavy atom. The Kier molecular flexibility index (Phi) is 5.41. The number of ether oxygens (including phenoxy) is 1. The summed E-state index contributed by atoms with van der Waals surface area (Å²) in [6, 6.07) is 12.4. The first-order valence-corrected chi connectivity index (χ1v) is 9.87. The van der Waals surface area contributed by atoms with Crippen molar-refractivity contribution in [3.8, 4) is 5.75 Å². The Morgan fingerprint density at radius 3 is 2.73 bits per heavy atom. The second kappa shape index (κ2) is 7.74. The first-order chi connectivity index (χ1) is 12.5. The molecule has 6 nitrogen and oxygen atoms in total. The average Bonchev–Trinajstić information content (AvgIpc) is 2.62. The second-order valence-corrected chi connectivity index (χ2v) is 8.02. The molecule has 2 aromatic carbocycles. The third-order valence-corrected chi connectivity index (χ3v) is 5.81. The largest absolute Gasteiger partial charge is 0.493 e. The molecule has 1 aliphatic rings. The van der Waals surface area contributed by atoms with Gasteiger partial charge in [-0.2, -0.15) is 0 Å². The fourth-order valence-electron chi connectivity index (χ4n) is 2.76. The van der Waals surface area contributed by atoms with Gasteiger partial charge in [0.1, 0.15) is 11.6 Å². The quantitative estimate of drug-likeness (QED) is 0.472. The Hall–Kier alpha value is -2.61. The van der Waals surface area contributed by atoms with E-state index in [4.69, 9.17) is 10.5 Å². The Morgan fingerprint density at radius 1 is 1.23 bits per heavy atom. The lowest BCUT2D eigenvalue weighted by molar-refractivity contribution is 0.262. The number of nitrogens with one attached hydrogen (secondary N) is 1. The van der Waals surface area contributed by atoms with Gasteiger partial charge in [-0.15, -0.1) is 0 Å². The number of nitrogens with two attached hydrogens (primary N) is 1.